The van der Waals surface area contributed by atoms with Crippen molar-refractivity contribution in [3.05, 3.63) is 64.9 Å². The van der Waals surface area contributed by atoms with Gasteiger partial charge in [-0.3, -0.25) is 9.69 Å². The van der Waals surface area contributed by atoms with Crippen LogP contribution in [-0.2, 0) is 0 Å². The lowest BCUT2D eigenvalue weighted by Crippen LogP contribution is -2.54. The molecule has 7 nitrogen and oxygen atoms in total. The molecule has 0 spiro atoms. The molecule has 0 saturated carbocycles. The van der Waals surface area contributed by atoms with Gasteiger partial charge < -0.3 is 14.9 Å². The van der Waals surface area contributed by atoms with E-state index in [1.54, 1.807) is 29.2 Å². The van der Waals surface area contributed by atoms with Gasteiger partial charge in [0.05, 0.1) is 17.7 Å². The lowest BCUT2D eigenvalue weighted by atomic mass is 10.1. The largest absolute Gasteiger partial charge is 0.390 e. The van der Waals surface area contributed by atoms with E-state index in [2.05, 4.69) is 14.9 Å². The number of benzene rings is 2. The van der Waals surface area contributed by atoms with Crippen LogP contribution in [0.4, 0.5) is 14.6 Å². The van der Waals surface area contributed by atoms with Crippen molar-refractivity contribution in [1.29, 1.82) is 0 Å². The number of anilines is 1. The Morgan fingerprint density at radius 2 is 1.70 bits per heavy atom. The van der Waals surface area contributed by atoms with E-state index in [0.717, 1.165) is 12.1 Å². The summed E-state index contributed by atoms with van der Waals surface area (Å²) in [6.45, 7) is 3.15. The van der Waals surface area contributed by atoms with Crippen LogP contribution in [-0.4, -0.2) is 82.2 Å². The highest BCUT2D eigenvalue weighted by atomic mass is 35.5. The number of aliphatic hydroxyl groups is 1. The van der Waals surface area contributed by atoms with Gasteiger partial charge >= 0.3 is 0 Å². The van der Waals surface area contributed by atoms with Gasteiger partial charge in [0.25, 0.3) is 5.91 Å². The van der Waals surface area contributed by atoms with Crippen LogP contribution >= 0.6 is 11.6 Å². The number of amides is 1. The molecule has 3 heterocycles. The number of halogens is 3. The number of aromatic nitrogens is 2. The summed E-state index contributed by atoms with van der Waals surface area (Å²) in [6, 6.07) is 8.83. The molecule has 1 aromatic heterocycles. The maximum Gasteiger partial charge on any atom is 0.253 e. The van der Waals surface area contributed by atoms with Gasteiger partial charge in [0.1, 0.15) is 12.1 Å². The van der Waals surface area contributed by atoms with Crippen molar-refractivity contribution < 1.29 is 18.7 Å². The van der Waals surface area contributed by atoms with Gasteiger partial charge in [-0.1, -0.05) is 11.6 Å². The first-order valence-electron chi connectivity index (χ1n) is 10.7. The van der Waals surface area contributed by atoms with E-state index in [-0.39, 0.29) is 11.9 Å². The molecule has 3 aromatic rings. The quantitative estimate of drug-likeness (QED) is 0.630. The molecule has 2 atom stereocenters. The Hall–Kier alpha value is -2.88. The molecule has 1 amide bonds. The van der Waals surface area contributed by atoms with E-state index in [1.165, 1.54) is 6.33 Å². The smallest absolute Gasteiger partial charge is 0.253 e. The average molecular weight is 474 g/mol. The standard InChI is InChI=1S/C23H22ClF2N5O2/c24-15-3-1-14(2-4-15)23(33)30-7-5-29(6-8-30)20-11-31(12-21(20)32)22-16-9-17(25)18(26)10-19(16)27-13-28-22/h1-4,9-10,13,20-21,32H,5-8,11-12H2/t20-,21-/m1/s1. The summed E-state index contributed by atoms with van der Waals surface area (Å²) in [5.41, 5.74) is 0.908. The van der Waals surface area contributed by atoms with Gasteiger partial charge in [-0.15, -0.1) is 0 Å². The zero-order valence-corrected chi connectivity index (χ0v) is 18.4. The number of fused-ring (bicyclic) bond motifs is 1. The molecule has 10 heteroatoms. The minimum atomic E-state index is -0.962. The zero-order valence-electron chi connectivity index (χ0n) is 17.7. The fourth-order valence-corrected chi connectivity index (χ4v) is 4.75. The van der Waals surface area contributed by atoms with Crippen LogP contribution in [0.3, 0.4) is 0 Å². The highest BCUT2D eigenvalue weighted by molar-refractivity contribution is 6.30. The van der Waals surface area contributed by atoms with Gasteiger partial charge in [0.2, 0.25) is 0 Å². The van der Waals surface area contributed by atoms with E-state index < -0.39 is 17.7 Å². The monoisotopic (exact) mass is 473 g/mol. The summed E-state index contributed by atoms with van der Waals surface area (Å²) >= 11 is 5.91. The molecular weight excluding hydrogens is 452 g/mol. The van der Waals surface area contributed by atoms with Gasteiger partial charge in [-0.05, 0) is 30.3 Å². The molecule has 2 fully saturated rings. The first-order chi connectivity index (χ1) is 15.9. The van der Waals surface area contributed by atoms with E-state index >= 15 is 0 Å². The molecule has 5 rings (SSSR count). The third-order valence-corrected chi connectivity index (χ3v) is 6.63. The van der Waals surface area contributed by atoms with E-state index in [1.807, 2.05) is 4.90 Å². The summed E-state index contributed by atoms with van der Waals surface area (Å²) in [5, 5.41) is 11.8. The Morgan fingerprint density at radius 1 is 1.00 bits per heavy atom. The highest BCUT2D eigenvalue weighted by Crippen LogP contribution is 2.29. The predicted octanol–water partition coefficient (Wildman–Crippen LogP) is 2.57. The van der Waals surface area contributed by atoms with Crippen molar-refractivity contribution in [3.63, 3.8) is 0 Å². The maximum absolute atomic E-state index is 13.9. The molecule has 2 aliphatic rings. The fraction of sp³-hybridized carbons (Fsp3) is 0.348. The normalized spacial score (nSPS) is 21.7. The van der Waals surface area contributed by atoms with Crippen molar-refractivity contribution >= 4 is 34.2 Å². The Kier molecular flexibility index (Phi) is 5.86. The first kappa shape index (κ1) is 21.9. The lowest BCUT2D eigenvalue weighted by Gasteiger charge is -2.38. The van der Waals surface area contributed by atoms with Crippen molar-refractivity contribution in [2.24, 2.45) is 0 Å². The molecule has 0 aliphatic carbocycles. The molecule has 2 aliphatic heterocycles. The van der Waals surface area contributed by atoms with Crippen LogP contribution in [0.15, 0.2) is 42.7 Å². The fourth-order valence-electron chi connectivity index (χ4n) is 4.62. The van der Waals surface area contributed by atoms with Gasteiger partial charge in [0.15, 0.2) is 11.6 Å². The summed E-state index contributed by atoms with van der Waals surface area (Å²) in [5.74, 6) is -1.49. The first-order valence-corrected chi connectivity index (χ1v) is 11.1. The number of rotatable bonds is 3. The zero-order chi connectivity index (χ0) is 23.1. The predicted molar refractivity (Wildman–Crippen MR) is 120 cm³/mol. The molecular formula is C23H22ClF2N5O2. The van der Waals surface area contributed by atoms with Crippen LogP contribution in [0, 0.1) is 11.6 Å². The summed E-state index contributed by atoms with van der Waals surface area (Å²) < 4.78 is 27.5. The Labute approximate surface area is 194 Å². The Morgan fingerprint density at radius 3 is 2.42 bits per heavy atom. The summed E-state index contributed by atoms with van der Waals surface area (Å²) in [4.78, 5) is 26.9. The highest BCUT2D eigenvalue weighted by Gasteiger charge is 2.38. The molecule has 172 valence electrons. The SMILES string of the molecule is O=C(c1ccc(Cl)cc1)N1CCN([C@@H]2CN(c3ncnc4cc(F)c(F)cc34)C[C@H]2O)CC1. The number of carbonyl (C=O) groups excluding carboxylic acids is 1. The topological polar surface area (TPSA) is 72.8 Å². The second kappa shape index (κ2) is 8.81. The van der Waals surface area contributed by atoms with E-state index in [9.17, 15) is 18.7 Å². The van der Waals surface area contributed by atoms with Crippen molar-refractivity contribution in [1.82, 2.24) is 19.8 Å². The van der Waals surface area contributed by atoms with Crippen LogP contribution in [0.25, 0.3) is 10.9 Å². The second-order valence-corrected chi connectivity index (χ2v) is 8.79. The van der Waals surface area contributed by atoms with Crippen LogP contribution in [0.2, 0.25) is 5.02 Å². The summed E-state index contributed by atoms with van der Waals surface area (Å²) in [6.07, 6.45) is 0.675. The molecule has 0 radical (unpaired) electrons. The van der Waals surface area contributed by atoms with E-state index in [4.69, 9.17) is 11.6 Å². The Balaban J connectivity index is 1.27. The molecule has 0 unspecified atom stereocenters. The molecule has 0 bridgehead atoms. The van der Waals surface area contributed by atoms with Crippen molar-refractivity contribution in [3.8, 4) is 0 Å². The van der Waals surface area contributed by atoms with E-state index in [0.29, 0.717) is 66.6 Å². The number of aliphatic hydroxyl groups excluding tert-OH is 1. The van der Waals surface area contributed by atoms with Crippen LogP contribution in [0.1, 0.15) is 10.4 Å². The number of nitrogens with zero attached hydrogens (tertiary/aromatic N) is 5. The van der Waals surface area contributed by atoms with Crippen molar-refractivity contribution in [2.75, 3.05) is 44.2 Å². The molecule has 33 heavy (non-hydrogen) atoms. The number of hydrogen-bond donors (Lipinski definition) is 1. The van der Waals surface area contributed by atoms with Gasteiger partial charge in [0, 0.05) is 61.3 Å². The second-order valence-electron chi connectivity index (χ2n) is 8.36. The lowest BCUT2D eigenvalue weighted by molar-refractivity contribution is 0.0376. The minimum Gasteiger partial charge on any atom is -0.390 e. The summed E-state index contributed by atoms with van der Waals surface area (Å²) in [7, 11) is 0. The number of β-amino-alcohol motifs (C(OH)–C–C–N with tert-alkyl or cyclic N) is 1. The Bertz CT molecular complexity index is 1190. The minimum absolute atomic E-state index is 0.0402. The maximum atomic E-state index is 13.9. The van der Waals surface area contributed by atoms with Crippen molar-refractivity contribution in [2.45, 2.75) is 12.1 Å². The average Bonchev–Trinajstić information content (AvgIpc) is 3.21. The number of piperazine rings is 1. The number of hydrogen-bond acceptors (Lipinski definition) is 6. The van der Waals surface area contributed by atoms with Crippen LogP contribution in [0.5, 0.6) is 0 Å². The molecule has 1 N–H and O–H groups in total. The third-order valence-electron chi connectivity index (χ3n) is 6.38. The molecule has 2 saturated heterocycles. The van der Waals surface area contributed by atoms with Gasteiger partial charge in [-0.2, -0.15) is 0 Å². The van der Waals surface area contributed by atoms with Crippen LogP contribution < -0.4 is 4.90 Å². The van der Waals surface area contributed by atoms with Gasteiger partial charge in [-0.25, -0.2) is 18.7 Å². The number of carbonyl (C=O) groups is 1. The third kappa shape index (κ3) is 4.23. The molecule has 2 aromatic carbocycles.